The lowest BCUT2D eigenvalue weighted by Crippen LogP contribution is -2.44. The second-order valence-corrected chi connectivity index (χ2v) is 6.85. The molecule has 28 heavy (non-hydrogen) atoms. The number of anilines is 1. The van der Waals surface area contributed by atoms with Gasteiger partial charge in [0.15, 0.2) is 0 Å². The monoisotopic (exact) mass is 371 g/mol. The van der Waals surface area contributed by atoms with Crippen LogP contribution in [0.1, 0.15) is 5.56 Å². The Balaban J connectivity index is 1.35. The van der Waals surface area contributed by atoms with Gasteiger partial charge in [0, 0.05) is 13.1 Å². The first kappa shape index (κ1) is 18.1. The minimum absolute atomic E-state index is 0.899. The lowest BCUT2D eigenvalue weighted by molar-refractivity contribution is 0.271. The highest BCUT2D eigenvalue weighted by molar-refractivity contribution is 5.80. The van der Waals surface area contributed by atoms with Crippen LogP contribution >= 0.6 is 0 Å². The van der Waals surface area contributed by atoms with Gasteiger partial charge in [0.2, 0.25) is 0 Å². The minimum Gasteiger partial charge on any atom is -0.495 e. The summed E-state index contributed by atoms with van der Waals surface area (Å²) >= 11 is 0. The summed E-state index contributed by atoms with van der Waals surface area (Å²) < 4.78 is 5.49. The van der Waals surface area contributed by atoms with E-state index in [1.54, 1.807) is 7.11 Å². The number of para-hydroxylation sites is 2. The molecule has 0 atom stereocenters. The summed E-state index contributed by atoms with van der Waals surface area (Å²) in [7, 11) is 1.72. The van der Waals surface area contributed by atoms with E-state index in [4.69, 9.17) is 4.74 Å². The molecule has 0 N–H and O–H groups in total. The minimum atomic E-state index is 0.899. The third kappa shape index (κ3) is 4.17. The summed E-state index contributed by atoms with van der Waals surface area (Å²) in [4.78, 5) is 2.36. The van der Waals surface area contributed by atoms with Crippen molar-refractivity contribution in [3.63, 3.8) is 0 Å². The van der Waals surface area contributed by atoms with Crippen molar-refractivity contribution in [2.45, 2.75) is 0 Å². The summed E-state index contributed by atoms with van der Waals surface area (Å²) in [5.41, 5.74) is 4.73. The molecule has 1 aliphatic rings. The van der Waals surface area contributed by atoms with E-state index in [2.05, 4.69) is 75.7 Å². The summed E-state index contributed by atoms with van der Waals surface area (Å²) in [6.45, 7) is 3.67. The second kappa shape index (κ2) is 8.61. The SMILES string of the molecule is COc1ccccc1N1CCN(/N=C/c2ccc(-c3ccccc3)cc2)CC1. The van der Waals surface area contributed by atoms with Crippen LogP contribution in [-0.2, 0) is 0 Å². The Morgan fingerprint density at radius 2 is 1.39 bits per heavy atom. The molecule has 0 spiro atoms. The Hall–Kier alpha value is -3.27. The maximum Gasteiger partial charge on any atom is 0.142 e. The van der Waals surface area contributed by atoms with Crippen LogP contribution in [0.25, 0.3) is 11.1 Å². The zero-order valence-electron chi connectivity index (χ0n) is 16.2. The number of ether oxygens (including phenoxy) is 1. The fourth-order valence-electron chi connectivity index (χ4n) is 3.48. The van der Waals surface area contributed by atoms with E-state index in [-0.39, 0.29) is 0 Å². The van der Waals surface area contributed by atoms with Crippen molar-refractivity contribution >= 4 is 11.9 Å². The van der Waals surface area contributed by atoms with Crippen LogP contribution in [0.5, 0.6) is 5.75 Å². The zero-order valence-corrected chi connectivity index (χ0v) is 16.2. The molecule has 0 aromatic heterocycles. The smallest absolute Gasteiger partial charge is 0.142 e. The van der Waals surface area contributed by atoms with Crippen LogP contribution < -0.4 is 9.64 Å². The molecule has 142 valence electrons. The first-order chi connectivity index (χ1) is 13.8. The van der Waals surface area contributed by atoms with E-state index < -0.39 is 0 Å². The molecule has 0 amide bonds. The third-order valence-corrected chi connectivity index (χ3v) is 5.07. The molecule has 4 nitrogen and oxygen atoms in total. The highest BCUT2D eigenvalue weighted by Crippen LogP contribution is 2.28. The molecule has 1 saturated heterocycles. The second-order valence-electron chi connectivity index (χ2n) is 6.85. The molecule has 4 heteroatoms. The molecule has 0 saturated carbocycles. The quantitative estimate of drug-likeness (QED) is 0.618. The first-order valence-corrected chi connectivity index (χ1v) is 9.66. The van der Waals surface area contributed by atoms with Crippen LogP contribution in [-0.4, -0.2) is 44.5 Å². The van der Waals surface area contributed by atoms with Gasteiger partial charge in [0.05, 0.1) is 32.1 Å². The number of hydrogen-bond acceptors (Lipinski definition) is 4. The fourth-order valence-corrected chi connectivity index (χ4v) is 3.48. The lowest BCUT2D eigenvalue weighted by Gasteiger charge is -2.35. The van der Waals surface area contributed by atoms with Crippen LogP contribution in [0.2, 0.25) is 0 Å². The van der Waals surface area contributed by atoms with Gasteiger partial charge in [0.25, 0.3) is 0 Å². The number of rotatable bonds is 5. The molecule has 1 heterocycles. The number of benzene rings is 3. The van der Waals surface area contributed by atoms with Crippen molar-refractivity contribution in [2.24, 2.45) is 5.10 Å². The Bertz CT molecular complexity index is 914. The molecular weight excluding hydrogens is 346 g/mol. The molecule has 4 rings (SSSR count). The van der Waals surface area contributed by atoms with Crippen molar-refractivity contribution in [3.8, 4) is 16.9 Å². The number of nitrogens with zero attached hydrogens (tertiary/aromatic N) is 3. The standard InChI is InChI=1S/C24H25N3O/c1-28-24-10-6-5-9-23(24)26-15-17-27(18-16-26)25-19-20-11-13-22(14-12-20)21-7-3-2-4-8-21/h2-14,19H,15-18H2,1H3/b25-19+. The van der Waals surface area contributed by atoms with Gasteiger partial charge in [-0.1, -0.05) is 66.7 Å². The molecule has 1 fully saturated rings. The summed E-state index contributed by atoms with van der Waals surface area (Å²) in [5.74, 6) is 0.929. The van der Waals surface area contributed by atoms with Gasteiger partial charge in [-0.25, -0.2) is 0 Å². The van der Waals surface area contributed by atoms with Gasteiger partial charge in [-0.05, 0) is 28.8 Å². The van der Waals surface area contributed by atoms with E-state index in [0.717, 1.165) is 43.2 Å². The van der Waals surface area contributed by atoms with Gasteiger partial charge < -0.3 is 9.64 Å². The highest BCUT2D eigenvalue weighted by atomic mass is 16.5. The Labute approximate surface area is 166 Å². The number of piperazine rings is 1. The summed E-state index contributed by atoms with van der Waals surface area (Å²) in [6, 6.07) is 27.2. The summed E-state index contributed by atoms with van der Waals surface area (Å²) in [5, 5.41) is 6.81. The lowest BCUT2D eigenvalue weighted by atomic mass is 10.0. The zero-order chi connectivity index (χ0) is 19.2. The predicted molar refractivity (Wildman–Crippen MR) is 116 cm³/mol. The Morgan fingerprint density at radius 1 is 0.750 bits per heavy atom. The molecule has 3 aromatic rings. The predicted octanol–water partition coefficient (Wildman–Crippen LogP) is 4.52. The number of hydrogen-bond donors (Lipinski definition) is 0. The fraction of sp³-hybridized carbons (Fsp3) is 0.208. The first-order valence-electron chi connectivity index (χ1n) is 9.66. The van der Waals surface area contributed by atoms with Crippen molar-refractivity contribution in [1.29, 1.82) is 0 Å². The average Bonchev–Trinajstić information content (AvgIpc) is 2.79. The van der Waals surface area contributed by atoms with E-state index in [9.17, 15) is 0 Å². The van der Waals surface area contributed by atoms with Gasteiger partial charge in [0.1, 0.15) is 5.75 Å². The molecule has 0 radical (unpaired) electrons. The van der Waals surface area contributed by atoms with Crippen LogP contribution in [0.4, 0.5) is 5.69 Å². The molecule has 3 aromatic carbocycles. The van der Waals surface area contributed by atoms with Gasteiger partial charge >= 0.3 is 0 Å². The maximum absolute atomic E-state index is 5.49. The normalized spacial score (nSPS) is 14.5. The van der Waals surface area contributed by atoms with Gasteiger partial charge in [-0.3, -0.25) is 5.01 Å². The molecule has 0 bridgehead atoms. The van der Waals surface area contributed by atoms with Crippen molar-refractivity contribution in [3.05, 3.63) is 84.4 Å². The molecule has 0 aliphatic carbocycles. The van der Waals surface area contributed by atoms with Gasteiger partial charge in [-0.15, -0.1) is 0 Å². The summed E-state index contributed by atoms with van der Waals surface area (Å²) in [6.07, 6.45) is 1.95. The van der Waals surface area contributed by atoms with E-state index in [0.29, 0.717) is 0 Å². The number of methoxy groups -OCH3 is 1. The van der Waals surface area contributed by atoms with E-state index in [1.165, 1.54) is 11.1 Å². The average molecular weight is 371 g/mol. The topological polar surface area (TPSA) is 28.1 Å². The van der Waals surface area contributed by atoms with Gasteiger partial charge in [-0.2, -0.15) is 5.10 Å². The van der Waals surface area contributed by atoms with Crippen molar-refractivity contribution < 1.29 is 4.74 Å². The Morgan fingerprint density at radius 3 is 2.11 bits per heavy atom. The highest BCUT2D eigenvalue weighted by Gasteiger charge is 2.18. The van der Waals surface area contributed by atoms with Crippen molar-refractivity contribution in [1.82, 2.24) is 5.01 Å². The van der Waals surface area contributed by atoms with Crippen LogP contribution in [0.3, 0.4) is 0 Å². The molecule has 1 aliphatic heterocycles. The van der Waals surface area contributed by atoms with E-state index >= 15 is 0 Å². The van der Waals surface area contributed by atoms with E-state index in [1.807, 2.05) is 24.4 Å². The third-order valence-electron chi connectivity index (χ3n) is 5.07. The largest absolute Gasteiger partial charge is 0.495 e. The number of hydrazone groups is 1. The van der Waals surface area contributed by atoms with Crippen LogP contribution in [0, 0.1) is 0 Å². The van der Waals surface area contributed by atoms with Crippen LogP contribution in [0.15, 0.2) is 84.0 Å². The molecular formula is C24H25N3O. The maximum atomic E-state index is 5.49. The van der Waals surface area contributed by atoms with Crippen molar-refractivity contribution in [2.75, 3.05) is 38.2 Å². The Kier molecular flexibility index (Phi) is 5.57. The molecule has 0 unspecified atom stereocenters.